The van der Waals surface area contributed by atoms with Gasteiger partial charge in [0, 0.05) is 22.8 Å². The average molecular weight is 423 g/mol. The summed E-state index contributed by atoms with van der Waals surface area (Å²) in [6.45, 7) is 0. The number of imide groups is 1. The van der Waals surface area contributed by atoms with E-state index in [2.05, 4.69) is 0 Å². The molecule has 0 fully saturated rings. The lowest BCUT2D eigenvalue weighted by atomic mass is 10.0. The average Bonchev–Trinajstić information content (AvgIpc) is 2.99. The molecular formula is C23H16Cl2N2O2. The standard InChI is InChI=1S/C23H16Cl2N2O2/c1-26(18-7-3-2-4-8-18)21-20(15-10-12-16(24)13-11-15)22(28)27(23(21)29)19-9-5-6-17(25)14-19/h2-14H,1H3. The Balaban J connectivity index is 1.88. The minimum Gasteiger partial charge on any atom is -0.339 e. The molecule has 0 N–H and O–H groups in total. The minimum atomic E-state index is -0.409. The van der Waals surface area contributed by atoms with Gasteiger partial charge < -0.3 is 4.90 Å². The van der Waals surface area contributed by atoms with E-state index in [1.165, 1.54) is 0 Å². The van der Waals surface area contributed by atoms with Gasteiger partial charge in [-0.05, 0) is 48.0 Å². The molecule has 0 aliphatic carbocycles. The molecule has 29 heavy (non-hydrogen) atoms. The number of amides is 2. The number of carbonyl (C=O) groups excluding carboxylic acids is 2. The highest BCUT2D eigenvalue weighted by Gasteiger charge is 2.42. The number of para-hydroxylation sites is 1. The zero-order valence-electron chi connectivity index (χ0n) is 15.5. The smallest absolute Gasteiger partial charge is 0.282 e. The number of benzene rings is 3. The molecule has 0 radical (unpaired) electrons. The van der Waals surface area contributed by atoms with Crippen LogP contribution in [0.2, 0.25) is 10.0 Å². The van der Waals surface area contributed by atoms with Gasteiger partial charge in [-0.1, -0.05) is 59.6 Å². The number of nitrogens with zero attached hydrogens (tertiary/aromatic N) is 2. The van der Waals surface area contributed by atoms with Crippen molar-refractivity contribution in [1.82, 2.24) is 0 Å². The molecular weight excluding hydrogens is 407 g/mol. The van der Waals surface area contributed by atoms with E-state index in [1.807, 2.05) is 30.3 Å². The summed E-state index contributed by atoms with van der Waals surface area (Å²) in [6.07, 6.45) is 0. The number of anilines is 2. The number of hydrogen-bond acceptors (Lipinski definition) is 3. The molecule has 0 aromatic heterocycles. The molecule has 0 spiro atoms. The van der Waals surface area contributed by atoms with Crippen molar-refractivity contribution in [3.63, 3.8) is 0 Å². The second-order valence-corrected chi connectivity index (χ2v) is 7.42. The van der Waals surface area contributed by atoms with E-state index >= 15 is 0 Å². The van der Waals surface area contributed by atoms with E-state index in [9.17, 15) is 9.59 Å². The highest BCUT2D eigenvalue weighted by atomic mass is 35.5. The molecule has 0 atom stereocenters. The summed E-state index contributed by atoms with van der Waals surface area (Å²) >= 11 is 12.1. The highest BCUT2D eigenvalue weighted by molar-refractivity contribution is 6.46. The van der Waals surface area contributed by atoms with E-state index in [1.54, 1.807) is 60.5 Å². The monoisotopic (exact) mass is 422 g/mol. The van der Waals surface area contributed by atoms with Gasteiger partial charge in [-0.3, -0.25) is 9.59 Å². The summed E-state index contributed by atoms with van der Waals surface area (Å²) in [7, 11) is 1.77. The Kier molecular flexibility index (Phi) is 5.14. The summed E-state index contributed by atoms with van der Waals surface area (Å²) in [5.41, 5.74) is 2.45. The second kappa shape index (κ2) is 7.74. The van der Waals surface area contributed by atoms with Crippen LogP contribution in [0.15, 0.2) is 84.6 Å². The lowest BCUT2D eigenvalue weighted by Gasteiger charge is -2.21. The highest BCUT2D eigenvalue weighted by Crippen LogP contribution is 2.36. The molecule has 1 aliphatic rings. The molecule has 0 saturated carbocycles. The van der Waals surface area contributed by atoms with Crippen LogP contribution in [0.4, 0.5) is 11.4 Å². The maximum atomic E-state index is 13.4. The van der Waals surface area contributed by atoms with E-state index in [-0.39, 0.29) is 0 Å². The Labute approximate surface area is 178 Å². The van der Waals surface area contributed by atoms with Crippen LogP contribution in [0.5, 0.6) is 0 Å². The van der Waals surface area contributed by atoms with Gasteiger partial charge >= 0.3 is 0 Å². The Morgan fingerprint density at radius 2 is 1.45 bits per heavy atom. The number of rotatable bonds is 4. The van der Waals surface area contributed by atoms with Gasteiger partial charge in [-0.2, -0.15) is 0 Å². The SMILES string of the molecule is CN(C1=C(c2ccc(Cl)cc2)C(=O)N(c2cccc(Cl)c2)C1=O)c1ccccc1. The maximum Gasteiger partial charge on any atom is 0.282 e. The first-order valence-electron chi connectivity index (χ1n) is 8.90. The number of likely N-dealkylation sites (N-methyl/N-ethyl adjacent to an activating group) is 1. The van der Waals surface area contributed by atoms with Crippen LogP contribution in [0.3, 0.4) is 0 Å². The Morgan fingerprint density at radius 1 is 0.759 bits per heavy atom. The Bertz CT molecular complexity index is 1130. The lowest BCUT2D eigenvalue weighted by molar-refractivity contribution is -0.120. The number of hydrogen-bond donors (Lipinski definition) is 0. The van der Waals surface area contributed by atoms with Gasteiger partial charge in [0.25, 0.3) is 11.8 Å². The van der Waals surface area contributed by atoms with Crippen LogP contribution >= 0.6 is 23.2 Å². The number of halogens is 2. The molecule has 0 bridgehead atoms. The van der Waals surface area contributed by atoms with E-state index in [0.29, 0.717) is 32.6 Å². The molecule has 0 saturated heterocycles. The first-order chi connectivity index (χ1) is 14.0. The van der Waals surface area contributed by atoms with Crippen molar-refractivity contribution in [3.05, 3.63) is 100 Å². The van der Waals surface area contributed by atoms with Crippen LogP contribution in [0.25, 0.3) is 5.57 Å². The van der Waals surface area contributed by atoms with E-state index < -0.39 is 11.8 Å². The van der Waals surface area contributed by atoms with Crippen molar-refractivity contribution in [2.45, 2.75) is 0 Å². The first kappa shape index (κ1) is 19.2. The van der Waals surface area contributed by atoms with Crippen molar-refractivity contribution in [2.75, 3.05) is 16.8 Å². The Hall–Kier alpha value is -3.08. The van der Waals surface area contributed by atoms with E-state index in [4.69, 9.17) is 23.2 Å². The molecule has 3 aromatic rings. The van der Waals surface area contributed by atoms with Crippen LogP contribution < -0.4 is 9.80 Å². The summed E-state index contributed by atoms with van der Waals surface area (Å²) < 4.78 is 0. The molecule has 0 unspecified atom stereocenters. The molecule has 2 amide bonds. The predicted molar refractivity (Wildman–Crippen MR) is 117 cm³/mol. The summed E-state index contributed by atoms with van der Waals surface area (Å²) in [6, 6.07) is 23.0. The summed E-state index contributed by atoms with van der Waals surface area (Å²) in [5.74, 6) is -0.814. The minimum absolute atomic E-state index is 0.295. The molecule has 6 heteroatoms. The normalized spacial score (nSPS) is 14.0. The topological polar surface area (TPSA) is 40.6 Å². The summed E-state index contributed by atoms with van der Waals surface area (Å²) in [5, 5.41) is 0.997. The van der Waals surface area contributed by atoms with E-state index in [0.717, 1.165) is 10.6 Å². The van der Waals surface area contributed by atoms with Crippen molar-refractivity contribution in [1.29, 1.82) is 0 Å². The van der Waals surface area contributed by atoms with Crippen molar-refractivity contribution in [2.24, 2.45) is 0 Å². The molecule has 144 valence electrons. The van der Waals surface area contributed by atoms with Crippen molar-refractivity contribution >= 4 is 52.0 Å². The largest absolute Gasteiger partial charge is 0.339 e. The molecule has 1 aliphatic heterocycles. The third-order valence-electron chi connectivity index (χ3n) is 4.74. The fourth-order valence-electron chi connectivity index (χ4n) is 3.34. The van der Waals surface area contributed by atoms with Gasteiger partial charge in [-0.15, -0.1) is 0 Å². The van der Waals surface area contributed by atoms with Gasteiger partial charge in [0.1, 0.15) is 5.70 Å². The zero-order valence-corrected chi connectivity index (χ0v) is 17.0. The van der Waals surface area contributed by atoms with Crippen molar-refractivity contribution < 1.29 is 9.59 Å². The predicted octanol–water partition coefficient (Wildman–Crippen LogP) is 5.41. The number of carbonyl (C=O) groups is 2. The quantitative estimate of drug-likeness (QED) is 0.527. The summed E-state index contributed by atoms with van der Waals surface area (Å²) in [4.78, 5) is 29.7. The van der Waals surface area contributed by atoms with Crippen LogP contribution in [-0.4, -0.2) is 18.9 Å². The fourth-order valence-corrected chi connectivity index (χ4v) is 3.65. The van der Waals surface area contributed by atoms with Gasteiger partial charge in [0.2, 0.25) is 0 Å². The molecule has 3 aromatic carbocycles. The maximum absolute atomic E-state index is 13.4. The Morgan fingerprint density at radius 3 is 2.10 bits per heavy atom. The third-order valence-corrected chi connectivity index (χ3v) is 5.22. The second-order valence-electron chi connectivity index (χ2n) is 6.55. The fraction of sp³-hybridized carbons (Fsp3) is 0.0435. The van der Waals surface area contributed by atoms with Crippen molar-refractivity contribution in [3.8, 4) is 0 Å². The third kappa shape index (κ3) is 3.53. The van der Waals surface area contributed by atoms with Gasteiger partial charge in [0.05, 0.1) is 11.3 Å². The zero-order chi connectivity index (χ0) is 20.5. The lowest BCUT2D eigenvalue weighted by Crippen LogP contribution is -2.34. The van der Waals surface area contributed by atoms with Gasteiger partial charge in [0.15, 0.2) is 0 Å². The van der Waals surface area contributed by atoms with Gasteiger partial charge in [-0.25, -0.2) is 4.90 Å². The van der Waals surface area contributed by atoms with Crippen LogP contribution in [0, 0.1) is 0 Å². The first-order valence-corrected chi connectivity index (χ1v) is 9.66. The van der Waals surface area contributed by atoms with Crippen LogP contribution in [-0.2, 0) is 9.59 Å². The molecule has 4 nitrogen and oxygen atoms in total. The molecule has 4 rings (SSSR count). The van der Waals surface area contributed by atoms with Crippen LogP contribution in [0.1, 0.15) is 5.56 Å². The molecule has 1 heterocycles.